The number of hydrogen-bond donors (Lipinski definition) is 2. The minimum atomic E-state index is -1.18. The van der Waals surface area contributed by atoms with Crippen molar-refractivity contribution in [1.29, 1.82) is 0 Å². The van der Waals surface area contributed by atoms with Crippen molar-refractivity contribution >= 4 is 23.3 Å². The molecule has 4 saturated heterocycles. The molecule has 4 aliphatic heterocycles. The number of amides is 2. The molecule has 0 aromatic carbocycles. The van der Waals surface area contributed by atoms with E-state index in [1.165, 1.54) is 0 Å². The van der Waals surface area contributed by atoms with Gasteiger partial charge in [0.15, 0.2) is 17.3 Å². The Hall–Kier alpha value is -2.94. The molecule has 12 nitrogen and oxygen atoms in total. The van der Waals surface area contributed by atoms with Gasteiger partial charge in [-0.05, 0) is 32.5 Å². The second-order valence-electron chi connectivity index (χ2n) is 11.6. The van der Waals surface area contributed by atoms with Crippen molar-refractivity contribution in [1.82, 2.24) is 39.5 Å². The standard InChI is InChI=1S/C27H39F2N9O3/c1-2-34-13-20(29)23(21(14-34)32-26(39)22-24(30)33-38-12-18(28)11-31-25(22)38)36-5-3-17(4-6-36)27(40)37-9-7-35(8-10-37)19-15-41-16-19/h11-12,17,19-21,23H,2-10,13-16H2,1H3,(H2,30,33)(H,32,39). The Morgan fingerprint density at radius 3 is 2.49 bits per heavy atom. The molecular formula is C27H39F2N9O3. The number of nitrogens with zero attached hydrogens (tertiary/aromatic N) is 7. The smallest absolute Gasteiger partial charge is 0.259 e. The molecule has 0 radical (unpaired) electrons. The zero-order valence-electron chi connectivity index (χ0n) is 23.4. The first kappa shape index (κ1) is 28.2. The number of nitrogen functional groups attached to an aromatic ring is 1. The molecule has 6 heterocycles. The van der Waals surface area contributed by atoms with Gasteiger partial charge in [0.1, 0.15) is 11.7 Å². The van der Waals surface area contributed by atoms with E-state index in [-0.39, 0.29) is 35.4 Å². The van der Waals surface area contributed by atoms with Crippen LogP contribution in [-0.4, -0.2) is 142 Å². The van der Waals surface area contributed by atoms with Crippen LogP contribution in [0.15, 0.2) is 12.4 Å². The van der Waals surface area contributed by atoms with Gasteiger partial charge >= 0.3 is 0 Å². The normalized spacial score (nSPS) is 27.7. The lowest BCUT2D eigenvalue weighted by Gasteiger charge is -2.48. The lowest BCUT2D eigenvalue weighted by Crippen LogP contribution is -2.66. The van der Waals surface area contributed by atoms with E-state index in [1.54, 1.807) is 0 Å². The van der Waals surface area contributed by atoms with Crippen LogP contribution >= 0.6 is 0 Å². The van der Waals surface area contributed by atoms with E-state index >= 15 is 4.39 Å². The highest BCUT2D eigenvalue weighted by Crippen LogP contribution is 2.28. The number of rotatable bonds is 6. The van der Waals surface area contributed by atoms with E-state index in [4.69, 9.17) is 10.5 Å². The van der Waals surface area contributed by atoms with Crippen molar-refractivity contribution in [3.63, 3.8) is 0 Å². The van der Waals surface area contributed by atoms with Gasteiger partial charge < -0.3 is 20.7 Å². The number of carbonyl (C=O) groups is 2. The van der Waals surface area contributed by atoms with Gasteiger partial charge in [0.2, 0.25) is 5.91 Å². The Labute approximate surface area is 237 Å². The molecule has 2 amide bonds. The van der Waals surface area contributed by atoms with Crippen molar-refractivity contribution < 1.29 is 23.1 Å². The van der Waals surface area contributed by atoms with Gasteiger partial charge in [-0.15, -0.1) is 5.10 Å². The van der Waals surface area contributed by atoms with Gasteiger partial charge in [-0.25, -0.2) is 18.3 Å². The van der Waals surface area contributed by atoms with Crippen LogP contribution in [0, 0.1) is 11.7 Å². The largest absolute Gasteiger partial charge is 0.381 e. The predicted octanol–water partition coefficient (Wildman–Crippen LogP) is -0.154. The summed E-state index contributed by atoms with van der Waals surface area (Å²) in [5.74, 6) is -1.07. The van der Waals surface area contributed by atoms with E-state index < -0.39 is 30.0 Å². The molecule has 224 valence electrons. The number of aromatic nitrogens is 3. The molecule has 0 spiro atoms. The van der Waals surface area contributed by atoms with E-state index in [1.807, 2.05) is 16.7 Å². The van der Waals surface area contributed by atoms with Crippen molar-refractivity contribution in [3.8, 4) is 0 Å². The van der Waals surface area contributed by atoms with Crippen LogP contribution in [0.4, 0.5) is 14.6 Å². The highest BCUT2D eigenvalue weighted by Gasteiger charge is 2.43. The number of fused-ring (bicyclic) bond motifs is 1. The zero-order valence-corrected chi connectivity index (χ0v) is 23.4. The van der Waals surface area contributed by atoms with Gasteiger partial charge in [-0.1, -0.05) is 6.92 Å². The lowest BCUT2D eigenvalue weighted by molar-refractivity contribution is -0.141. The molecule has 4 aliphatic rings. The van der Waals surface area contributed by atoms with E-state index in [0.29, 0.717) is 45.1 Å². The number of nitrogens with one attached hydrogen (secondary N) is 1. The summed E-state index contributed by atoms with van der Waals surface area (Å²) in [6.07, 6.45) is 2.24. The van der Waals surface area contributed by atoms with Crippen LogP contribution in [0.5, 0.6) is 0 Å². The lowest BCUT2D eigenvalue weighted by atomic mass is 9.89. The molecule has 6 rings (SSSR count). The van der Waals surface area contributed by atoms with Crippen molar-refractivity contribution in [2.45, 2.75) is 44.1 Å². The minimum Gasteiger partial charge on any atom is -0.381 e. The number of anilines is 1. The molecule has 3 atom stereocenters. The fourth-order valence-electron chi connectivity index (χ4n) is 6.77. The first-order valence-corrected chi connectivity index (χ1v) is 14.6. The van der Waals surface area contributed by atoms with Crippen molar-refractivity contribution in [3.05, 3.63) is 23.8 Å². The van der Waals surface area contributed by atoms with Crippen LogP contribution < -0.4 is 11.1 Å². The summed E-state index contributed by atoms with van der Waals surface area (Å²) in [4.78, 5) is 39.2. The third kappa shape index (κ3) is 5.62. The summed E-state index contributed by atoms with van der Waals surface area (Å²) in [6, 6.07) is -0.573. The summed E-state index contributed by atoms with van der Waals surface area (Å²) in [5, 5.41) is 7.02. The number of hydrogen-bond acceptors (Lipinski definition) is 9. The molecule has 2 aromatic rings. The van der Waals surface area contributed by atoms with E-state index in [0.717, 1.165) is 56.3 Å². The van der Waals surface area contributed by atoms with Crippen LogP contribution in [0.25, 0.3) is 5.65 Å². The Bertz CT molecular complexity index is 1260. The number of nitrogens with two attached hydrogens (primary N) is 1. The maximum absolute atomic E-state index is 15.8. The van der Waals surface area contributed by atoms with Gasteiger partial charge in [-0.2, -0.15) is 0 Å². The Morgan fingerprint density at radius 1 is 1.10 bits per heavy atom. The molecular weight excluding hydrogens is 536 g/mol. The number of piperidine rings is 2. The second-order valence-corrected chi connectivity index (χ2v) is 11.6. The molecule has 3 N–H and O–H groups in total. The Morgan fingerprint density at radius 2 is 1.83 bits per heavy atom. The number of likely N-dealkylation sites (N-methyl/N-ethyl adjacent to an activating group) is 1. The highest BCUT2D eigenvalue weighted by molar-refractivity contribution is 6.04. The van der Waals surface area contributed by atoms with Gasteiger partial charge in [0, 0.05) is 45.2 Å². The summed E-state index contributed by atoms with van der Waals surface area (Å²) >= 11 is 0. The maximum Gasteiger partial charge on any atom is 0.259 e. The quantitative estimate of drug-likeness (QED) is 0.484. The van der Waals surface area contributed by atoms with Gasteiger partial charge in [-0.3, -0.25) is 24.3 Å². The van der Waals surface area contributed by atoms with E-state index in [9.17, 15) is 14.0 Å². The SMILES string of the molecule is CCN1CC(F)C(N2CCC(C(=O)N3CCN(C4COC4)CC3)CC2)C(NC(=O)c2c(N)nn3cc(F)cnc23)C1. The highest BCUT2D eigenvalue weighted by atomic mass is 19.1. The minimum absolute atomic E-state index is 0.0435. The first-order chi connectivity index (χ1) is 19.8. The number of halogens is 2. The summed E-state index contributed by atoms with van der Waals surface area (Å²) in [7, 11) is 0. The molecule has 14 heteroatoms. The van der Waals surface area contributed by atoms with Crippen molar-refractivity contribution in [2.75, 3.05) is 77.9 Å². The van der Waals surface area contributed by atoms with Crippen LogP contribution in [-0.2, 0) is 9.53 Å². The van der Waals surface area contributed by atoms with Crippen LogP contribution in [0.2, 0.25) is 0 Å². The molecule has 3 unspecified atom stereocenters. The fourth-order valence-corrected chi connectivity index (χ4v) is 6.77. The van der Waals surface area contributed by atoms with E-state index in [2.05, 4.69) is 25.2 Å². The fraction of sp³-hybridized carbons (Fsp3) is 0.704. The predicted molar refractivity (Wildman–Crippen MR) is 146 cm³/mol. The number of likely N-dealkylation sites (tertiary alicyclic amines) is 2. The third-order valence-electron chi connectivity index (χ3n) is 9.19. The second kappa shape index (κ2) is 11.7. The summed E-state index contributed by atoms with van der Waals surface area (Å²) in [6.45, 7) is 9.32. The monoisotopic (exact) mass is 575 g/mol. The number of piperazine rings is 1. The molecule has 0 saturated carbocycles. The third-order valence-corrected chi connectivity index (χ3v) is 9.19. The van der Waals surface area contributed by atoms with Gasteiger partial charge in [0.05, 0.1) is 43.7 Å². The number of ether oxygens (including phenoxy) is 1. The number of alkyl halides is 1. The number of carbonyl (C=O) groups excluding carboxylic acids is 2. The van der Waals surface area contributed by atoms with Crippen LogP contribution in [0.1, 0.15) is 30.1 Å². The average Bonchev–Trinajstić information content (AvgIpc) is 3.26. The molecule has 0 bridgehead atoms. The topological polar surface area (TPSA) is 125 Å². The van der Waals surface area contributed by atoms with Crippen LogP contribution in [0.3, 0.4) is 0 Å². The van der Waals surface area contributed by atoms with Gasteiger partial charge in [0.25, 0.3) is 5.91 Å². The average molecular weight is 576 g/mol. The zero-order chi connectivity index (χ0) is 28.7. The summed E-state index contributed by atoms with van der Waals surface area (Å²) < 4.78 is 35.8. The molecule has 2 aromatic heterocycles. The Balaban J connectivity index is 1.10. The Kier molecular flexibility index (Phi) is 8.07. The molecule has 0 aliphatic carbocycles. The van der Waals surface area contributed by atoms with Crippen molar-refractivity contribution in [2.24, 2.45) is 5.92 Å². The molecule has 41 heavy (non-hydrogen) atoms. The maximum atomic E-state index is 15.8. The summed E-state index contributed by atoms with van der Waals surface area (Å²) in [5.41, 5.74) is 6.19. The molecule has 4 fully saturated rings. The first-order valence-electron chi connectivity index (χ1n) is 14.6.